The van der Waals surface area contributed by atoms with Crippen molar-refractivity contribution in [3.05, 3.63) is 75.3 Å². The molecular formula is C20H23N3O4. The van der Waals surface area contributed by atoms with Crippen LogP contribution in [-0.4, -0.2) is 42.0 Å². The fourth-order valence-electron chi connectivity index (χ4n) is 3.15. The summed E-state index contributed by atoms with van der Waals surface area (Å²) in [6.45, 7) is 4.51. The number of benzene rings is 2. The van der Waals surface area contributed by atoms with Crippen LogP contribution in [0.25, 0.3) is 0 Å². The van der Waals surface area contributed by atoms with Gasteiger partial charge in [0.05, 0.1) is 24.6 Å². The molecule has 1 amide bonds. The number of rotatable bonds is 7. The van der Waals surface area contributed by atoms with E-state index in [1.54, 1.807) is 18.2 Å². The van der Waals surface area contributed by atoms with E-state index in [1.165, 1.54) is 11.6 Å². The second kappa shape index (κ2) is 9.25. The zero-order valence-electron chi connectivity index (χ0n) is 15.1. The number of amides is 1. The molecule has 0 unspecified atom stereocenters. The fourth-order valence-corrected chi connectivity index (χ4v) is 3.15. The molecule has 0 aromatic heterocycles. The van der Waals surface area contributed by atoms with Crippen molar-refractivity contribution in [2.45, 2.75) is 19.5 Å². The van der Waals surface area contributed by atoms with Gasteiger partial charge < -0.3 is 10.1 Å². The monoisotopic (exact) mass is 369 g/mol. The van der Waals surface area contributed by atoms with E-state index in [9.17, 15) is 14.9 Å². The van der Waals surface area contributed by atoms with Crippen molar-refractivity contribution in [3.8, 4) is 0 Å². The first-order chi connectivity index (χ1) is 13.1. The van der Waals surface area contributed by atoms with Crippen LogP contribution in [0.15, 0.2) is 48.5 Å². The van der Waals surface area contributed by atoms with Gasteiger partial charge in [-0.3, -0.25) is 19.8 Å². The summed E-state index contributed by atoms with van der Waals surface area (Å²) >= 11 is 0. The normalized spacial score (nSPS) is 14.7. The Morgan fingerprint density at radius 3 is 2.37 bits per heavy atom. The quantitative estimate of drug-likeness (QED) is 0.598. The average molecular weight is 369 g/mol. The van der Waals surface area contributed by atoms with Gasteiger partial charge in [0, 0.05) is 37.8 Å². The Balaban J connectivity index is 1.60. The first-order valence-electron chi connectivity index (χ1n) is 8.99. The number of nitro groups is 1. The lowest BCUT2D eigenvalue weighted by molar-refractivity contribution is -0.385. The van der Waals surface area contributed by atoms with Gasteiger partial charge in [0.25, 0.3) is 5.69 Å². The maximum Gasteiger partial charge on any atom is 0.273 e. The van der Waals surface area contributed by atoms with Crippen LogP contribution in [0.2, 0.25) is 0 Å². The standard InChI is InChI=1S/C20H23N3O4/c24-20(13-16-5-3-4-8-19(16)23(25)26)21-14-17-6-1-2-7-18(17)15-22-9-11-27-12-10-22/h1-8H,9-15H2,(H,21,24). The van der Waals surface area contributed by atoms with Gasteiger partial charge in [-0.15, -0.1) is 0 Å². The van der Waals surface area contributed by atoms with Crippen LogP contribution in [-0.2, 0) is 29.0 Å². The number of hydrogen-bond donors (Lipinski definition) is 1. The topological polar surface area (TPSA) is 84.7 Å². The number of para-hydroxylation sites is 1. The van der Waals surface area contributed by atoms with Crippen LogP contribution in [0.3, 0.4) is 0 Å². The molecule has 1 aliphatic heterocycles. The van der Waals surface area contributed by atoms with Gasteiger partial charge in [-0.2, -0.15) is 0 Å². The molecule has 1 heterocycles. The minimum absolute atomic E-state index is 0.0111. The molecule has 1 aliphatic rings. The van der Waals surface area contributed by atoms with E-state index in [0.29, 0.717) is 12.1 Å². The lowest BCUT2D eigenvalue weighted by atomic mass is 10.1. The Kier molecular flexibility index (Phi) is 6.51. The van der Waals surface area contributed by atoms with Crippen molar-refractivity contribution in [1.82, 2.24) is 10.2 Å². The maximum absolute atomic E-state index is 12.3. The number of nitrogens with one attached hydrogen (secondary N) is 1. The first kappa shape index (κ1) is 19.0. The van der Waals surface area contributed by atoms with Crippen molar-refractivity contribution in [2.24, 2.45) is 0 Å². The molecule has 1 saturated heterocycles. The predicted octanol–water partition coefficient (Wildman–Crippen LogP) is 2.29. The van der Waals surface area contributed by atoms with Crippen molar-refractivity contribution < 1.29 is 14.5 Å². The average Bonchev–Trinajstić information content (AvgIpc) is 2.68. The Labute approximate surface area is 158 Å². The second-order valence-electron chi connectivity index (χ2n) is 6.50. The Morgan fingerprint density at radius 2 is 1.67 bits per heavy atom. The molecule has 1 N–H and O–H groups in total. The highest BCUT2D eigenvalue weighted by Gasteiger charge is 2.16. The maximum atomic E-state index is 12.3. The summed E-state index contributed by atoms with van der Waals surface area (Å²) in [7, 11) is 0. The summed E-state index contributed by atoms with van der Waals surface area (Å²) in [4.78, 5) is 25.3. The number of carbonyl (C=O) groups excluding carboxylic acids is 1. The minimum atomic E-state index is -0.458. The van der Waals surface area contributed by atoms with Crippen molar-refractivity contribution in [1.29, 1.82) is 0 Å². The Morgan fingerprint density at radius 1 is 1.04 bits per heavy atom. The molecule has 7 heteroatoms. The van der Waals surface area contributed by atoms with E-state index < -0.39 is 4.92 Å². The van der Waals surface area contributed by atoms with Crippen molar-refractivity contribution in [2.75, 3.05) is 26.3 Å². The Hall–Kier alpha value is -2.77. The van der Waals surface area contributed by atoms with Gasteiger partial charge in [0.15, 0.2) is 0 Å². The Bertz CT molecular complexity index is 803. The SMILES string of the molecule is O=C(Cc1ccccc1[N+](=O)[O-])NCc1ccccc1CN1CCOCC1. The van der Waals surface area contributed by atoms with E-state index in [1.807, 2.05) is 18.2 Å². The summed E-state index contributed by atoms with van der Waals surface area (Å²) in [5, 5.41) is 14.0. The molecule has 3 rings (SSSR count). The number of hydrogen-bond acceptors (Lipinski definition) is 5. The van der Waals surface area contributed by atoms with Crippen molar-refractivity contribution in [3.63, 3.8) is 0 Å². The highest BCUT2D eigenvalue weighted by atomic mass is 16.6. The van der Waals surface area contributed by atoms with Crippen LogP contribution < -0.4 is 5.32 Å². The summed E-state index contributed by atoms with van der Waals surface area (Å²) < 4.78 is 5.38. The summed E-state index contributed by atoms with van der Waals surface area (Å²) in [6, 6.07) is 14.3. The third-order valence-electron chi connectivity index (χ3n) is 4.63. The molecule has 0 aliphatic carbocycles. The molecule has 0 spiro atoms. The van der Waals surface area contributed by atoms with E-state index in [4.69, 9.17) is 4.74 Å². The number of nitro benzene ring substituents is 1. The molecule has 0 saturated carbocycles. The summed E-state index contributed by atoms with van der Waals surface area (Å²) in [5.41, 5.74) is 2.62. The van der Waals surface area contributed by atoms with E-state index in [-0.39, 0.29) is 18.0 Å². The highest BCUT2D eigenvalue weighted by Crippen LogP contribution is 2.18. The lowest BCUT2D eigenvalue weighted by Gasteiger charge is -2.27. The second-order valence-corrected chi connectivity index (χ2v) is 6.50. The van der Waals surface area contributed by atoms with Crippen molar-refractivity contribution >= 4 is 11.6 Å². The van der Waals surface area contributed by atoms with E-state index >= 15 is 0 Å². The molecule has 0 radical (unpaired) electrons. The molecule has 2 aromatic rings. The zero-order chi connectivity index (χ0) is 19.1. The summed E-state index contributed by atoms with van der Waals surface area (Å²) in [6.07, 6.45) is -0.0111. The van der Waals surface area contributed by atoms with Gasteiger partial charge in [0.2, 0.25) is 5.91 Å². The van der Waals surface area contributed by atoms with Crippen LogP contribution in [0.1, 0.15) is 16.7 Å². The fraction of sp³-hybridized carbons (Fsp3) is 0.350. The molecule has 1 fully saturated rings. The van der Waals surface area contributed by atoms with E-state index in [0.717, 1.165) is 38.4 Å². The van der Waals surface area contributed by atoms with Gasteiger partial charge in [-0.05, 0) is 11.1 Å². The molecule has 0 bridgehead atoms. The zero-order valence-corrected chi connectivity index (χ0v) is 15.1. The third kappa shape index (κ3) is 5.35. The number of ether oxygens (including phenoxy) is 1. The van der Waals surface area contributed by atoms with Gasteiger partial charge in [-0.25, -0.2) is 0 Å². The van der Waals surface area contributed by atoms with Crippen LogP contribution in [0.4, 0.5) is 5.69 Å². The van der Waals surface area contributed by atoms with Crippen LogP contribution in [0.5, 0.6) is 0 Å². The third-order valence-corrected chi connectivity index (χ3v) is 4.63. The number of morpholine rings is 1. The largest absolute Gasteiger partial charge is 0.379 e. The highest BCUT2D eigenvalue weighted by molar-refractivity contribution is 5.79. The van der Waals surface area contributed by atoms with Gasteiger partial charge in [-0.1, -0.05) is 42.5 Å². The number of nitrogens with zero attached hydrogens (tertiary/aromatic N) is 2. The molecule has 2 aromatic carbocycles. The van der Waals surface area contributed by atoms with Gasteiger partial charge in [0.1, 0.15) is 0 Å². The smallest absolute Gasteiger partial charge is 0.273 e. The summed E-state index contributed by atoms with van der Waals surface area (Å²) in [5.74, 6) is -0.231. The molecular weight excluding hydrogens is 346 g/mol. The molecule has 0 atom stereocenters. The molecule has 27 heavy (non-hydrogen) atoms. The van der Waals surface area contributed by atoms with E-state index in [2.05, 4.69) is 16.3 Å². The lowest BCUT2D eigenvalue weighted by Crippen LogP contribution is -2.36. The van der Waals surface area contributed by atoms with Crippen LogP contribution in [0, 0.1) is 10.1 Å². The molecule has 142 valence electrons. The predicted molar refractivity (Wildman–Crippen MR) is 101 cm³/mol. The van der Waals surface area contributed by atoms with Crippen LogP contribution >= 0.6 is 0 Å². The van der Waals surface area contributed by atoms with Gasteiger partial charge >= 0.3 is 0 Å². The molecule has 7 nitrogen and oxygen atoms in total. The first-order valence-corrected chi connectivity index (χ1v) is 8.99. The number of carbonyl (C=O) groups is 1. The minimum Gasteiger partial charge on any atom is -0.379 e.